The third-order valence-corrected chi connectivity index (χ3v) is 10.1. The minimum absolute atomic E-state index is 0.374. The van der Waals surface area contributed by atoms with Crippen LogP contribution in [0.25, 0.3) is 0 Å². The molecule has 0 amide bonds. The number of hydrogen-bond acceptors (Lipinski definition) is 8. The van der Waals surface area contributed by atoms with Crippen molar-refractivity contribution in [3.63, 3.8) is 0 Å². The highest BCUT2D eigenvalue weighted by Gasteiger charge is 2.82. The number of aliphatic hydroxyl groups is 1. The molecule has 2 N–H and O–H groups in total. The first kappa shape index (κ1) is 32.0. The number of carbonyl (C=O) groups is 1. The smallest absolute Gasteiger partial charge is 0.385 e. The summed E-state index contributed by atoms with van der Waals surface area (Å²) in [5.74, 6) is -9.09. The van der Waals surface area contributed by atoms with E-state index >= 15 is 0 Å². The maximum absolute atomic E-state index is 14.1. The van der Waals surface area contributed by atoms with Gasteiger partial charge < -0.3 is 5.11 Å². The predicted molar refractivity (Wildman–Crippen MR) is 107 cm³/mol. The zero-order chi connectivity index (χ0) is 27.8. The van der Waals surface area contributed by atoms with Crippen molar-refractivity contribution in [1.29, 1.82) is 0 Å². The van der Waals surface area contributed by atoms with Gasteiger partial charge in [-0.2, -0.15) is 43.4 Å². The second-order valence-electron chi connectivity index (χ2n) is 7.72. The lowest BCUT2D eigenvalue weighted by Crippen LogP contribution is -2.64. The van der Waals surface area contributed by atoms with Crippen molar-refractivity contribution in [2.24, 2.45) is 5.92 Å². The standard InChI is InChI=1S/C15H24F6N2O9S3/c1-3-10(2)12(25)11(24)4-9-33(26,27)22-5-7-23(8-6-22)34(28,29)14(18,19)13(16,17)15(20,21)35(30,31)32/h10-11,24H,3-9H2,1-2H3,(H,30,31,32). The van der Waals surface area contributed by atoms with E-state index in [0.717, 1.165) is 0 Å². The summed E-state index contributed by atoms with van der Waals surface area (Å²) in [5, 5.41) is -3.78. The Morgan fingerprint density at radius 3 is 1.71 bits per heavy atom. The van der Waals surface area contributed by atoms with Crippen molar-refractivity contribution in [3.05, 3.63) is 0 Å². The van der Waals surface area contributed by atoms with Crippen LogP contribution in [0.2, 0.25) is 0 Å². The molecule has 0 aromatic heterocycles. The molecule has 2 unspecified atom stereocenters. The quantitative estimate of drug-likeness (QED) is 0.242. The molecule has 0 bridgehead atoms. The van der Waals surface area contributed by atoms with Crippen molar-refractivity contribution >= 4 is 35.9 Å². The van der Waals surface area contributed by atoms with Crippen LogP contribution in [0, 0.1) is 5.92 Å². The Morgan fingerprint density at radius 2 is 1.31 bits per heavy atom. The molecule has 0 aromatic rings. The summed E-state index contributed by atoms with van der Waals surface area (Å²) in [5.41, 5.74) is 0. The molecule has 0 aliphatic carbocycles. The SMILES string of the molecule is CCC(C)C(=O)C(O)CCS(=O)(=O)N1CCN(S(=O)(=O)C(F)(F)C(F)(F)C(F)(F)S(=O)(=O)O)CC1. The van der Waals surface area contributed by atoms with Crippen molar-refractivity contribution in [1.82, 2.24) is 8.61 Å². The van der Waals surface area contributed by atoms with E-state index in [1.807, 2.05) is 0 Å². The van der Waals surface area contributed by atoms with E-state index in [9.17, 15) is 61.5 Å². The summed E-state index contributed by atoms with van der Waals surface area (Å²) in [6.07, 6.45) is -1.80. The van der Waals surface area contributed by atoms with Crippen LogP contribution in [0.15, 0.2) is 0 Å². The molecule has 1 saturated heterocycles. The van der Waals surface area contributed by atoms with Gasteiger partial charge in [0.25, 0.3) is 10.0 Å². The second kappa shape index (κ2) is 10.4. The molecule has 0 aromatic carbocycles. The molecule has 1 rings (SSSR count). The molecule has 1 aliphatic heterocycles. The van der Waals surface area contributed by atoms with Crippen LogP contribution in [0.1, 0.15) is 26.7 Å². The van der Waals surface area contributed by atoms with E-state index in [2.05, 4.69) is 0 Å². The lowest BCUT2D eigenvalue weighted by molar-refractivity contribution is -0.246. The van der Waals surface area contributed by atoms with Crippen LogP contribution in [0.3, 0.4) is 0 Å². The molecule has 0 saturated carbocycles. The van der Waals surface area contributed by atoms with Crippen molar-refractivity contribution in [3.8, 4) is 0 Å². The Balaban J connectivity index is 3.00. The fraction of sp³-hybridized carbons (Fsp3) is 0.933. The molecule has 35 heavy (non-hydrogen) atoms. The number of ketones is 1. The maximum Gasteiger partial charge on any atom is 0.439 e. The van der Waals surface area contributed by atoms with Gasteiger partial charge in [0, 0.05) is 32.1 Å². The number of nitrogens with zero attached hydrogens (tertiary/aromatic N) is 2. The first-order valence-electron chi connectivity index (χ1n) is 9.78. The third kappa shape index (κ3) is 5.93. The maximum atomic E-state index is 14.1. The van der Waals surface area contributed by atoms with Crippen LogP contribution in [0.5, 0.6) is 0 Å². The molecule has 0 radical (unpaired) electrons. The molecular weight excluding hydrogens is 562 g/mol. The highest BCUT2D eigenvalue weighted by atomic mass is 32.2. The van der Waals surface area contributed by atoms with Gasteiger partial charge >= 0.3 is 26.5 Å². The van der Waals surface area contributed by atoms with Crippen LogP contribution in [-0.2, 0) is 35.0 Å². The molecule has 2 atom stereocenters. The fourth-order valence-electron chi connectivity index (χ4n) is 2.91. The van der Waals surface area contributed by atoms with Crippen LogP contribution >= 0.6 is 0 Å². The molecule has 1 fully saturated rings. The minimum Gasteiger partial charge on any atom is -0.385 e. The van der Waals surface area contributed by atoms with Crippen LogP contribution < -0.4 is 0 Å². The normalized spacial score (nSPS) is 19.9. The van der Waals surface area contributed by atoms with E-state index in [-0.39, 0.29) is 0 Å². The van der Waals surface area contributed by atoms with Crippen LogP contribution in [-0.4, -0.2) is 104 Å². The van der Waals surface area contributed by atoms with E-state index in [1.54, 1.807) is 6.92 Å². The Morgan fingerprint density at radius 1 is 0.886 bits per heavy atom. The van der Waals surface area contributed by atoms with E-state index in [0.29, 0.717) is 10.7 Å². The van der Waals surface area contributed by atoms with Gasteiger partial charge in [0.1, 0.15) is 6.10 Å². The minimum atomic E-state index is -7.17. The first-order chi connectivity index (χ1) is 15.5. The lowest BCUT2D eigenvalue weighted by atomic mass is 9.98. The van der Waals surface area contributed by atoms with Crippen molar-refractivity contribution < 1.29 is 66.0 Å². The molecule has 208 valence electrons. The number of rotatable bonds is 12. The highest BCUT2D eigenvalue weighted by Crippen LogP contribution is 2.51. The van der Waals surface area contributed by atoms with Gasteiger partial charge in [-0.15, -0.1) is 0 Å². The molecular formula is C15H24F6N2O9S3. The zero-order valence-electron chi connectivity index (χ0n) is 18.2. The first-order valence-corrected chi connectivity index (χ1v) is 14.3. The zero-order valence-corrected chi connectivity index (χ0v) is 20.7. The number of halogens is 6. The highest BCUT2D eigenvalue weighted by molar-refractivity contribution is 7.90. The van der Waals surface area contributed by atoms with Gasteiger partial charge in [-0.3, -0.25) is 9.35 Å². The summed E-state index contributed by atoms with van der Waals surface area (Å²) < 4.78 is 160. The number of alkyl halides is 6. The van der Waals surface area contributed by atoms with Gasteiger partial charge in [-0.25, -0.2) is 16.8 Å². The Labute approximate surface area is 197 Å². The Bertz CT molecular complexity index is 1100. The monoisotopic (exact) mass is 586 g/mol. The van der Waals surface area contributed by atoms with E-state index in [1.165, 1.54) is 6.92 Å². The molecule has 1 aliphatic rings. The summed E-state index contributed by atoms with van der Waals surface area (Å²) in [6.45, 7) is -0.994. The van der Waals surface area contributed by atoms with Gasteiger partial charge in [-0.1, -0.05) is 13.8 Å². The molecule has 1 heterocycles. The number of hydrogen-bond donors (Lipinski definition) is 2. The second-order valence-corrected chi connectivity index (χ2v) is 13.2. The largest absolute Gasteiger partial charge is 0.439 e. The van der Waals surface area contributed by atoms with E-state index in [4.69, 9.17) is 4.55 Å². The fourth-order valence-corrected chi connectivity index (χ4v) is 6.34. The van der Waals surface area contributed by atoms with Gasteiger partial charge in [0.15, 0.2) is 5.78 Å². The van der Waals surface area contributed by atoms with Gasteiger partial charge in [-0.05, 0) is 12.8 Å². The molecule has 11 nitrogen and oxygen atoms in total. The number of Topliss-reactive ketones (excluding diaryl/α,β-unsaturated/α-hetero) is 1. The van der Waals surface area contributed by atoms with Crippen LogP contribution in [0.4, 0.5) is 26.3 Å². The number of sulfonamides is 2. The van der Waals surface area contributed by atoms with Gasteiger partial charge in [0.05, 0.1) is 5.75 Å². The van der Waals surface area contributed by atoms with Gasteiger partial charge in [0.2, 0.25) is 10.0 Å². The number of aliphatic hydroxyl groups excluding tert-OH is 1. The molecule has 0 spiro atoms. The topological polar surface area (TPSA) is 166 Å². The summed E-state index contributed by atoms with van der Waals surface area (Å²) in [4.78, 5) is 11.9. The average Bonchev–Trinajstić information content (AvgIpc) is 2.75. The Hall–Kier alpha value is -1.06. The van der Waals surface area contributed by atoms with Crippen molar-refractivity contribution in [2.45, 2.75) is 49.2 Å². The lowest BCUT2D eigenvalue weighted by Gasteiger charge is -2.37. The number of carbonyl (C=O) groups excluding carboxylic acids is 1. The summed E-state index contributed by atoms with van der Waals surface area (Å²) >= 11 is 0. The van der Waals surface area contributed by atoms with Crippen molar-refractivity contribution in [2.75, 3.05) is 31.9 Å². The summed E-state index contributed by atoms with van der Waals surface area (Å²) in [6, 6.07) is 0. The van der Waals surface area contributed by atoms with E-state index < -0.39 is 107 Å². The third-order valence-electron chi connectivity index (χ3n) is 5.39. The predicted octanol–water partition coefficient (Wildman–Crippen LogP) is 0.339. The average molecular weight is 587 g/mol. The Kier molecular flexibility index (Phi) is 9.47. The summed E-state index contributed by atoms with van der Waals surface area (Å²) in [7, 11) is -18.1. The number of piperazine rings is 1. The molecule has 20 heteroatoms.